The zero-order valence-electron chi connectivity index (χ0n) is 13.4. The van der Waals surface area contributed by atoms with Crippen LogP contribution in [0, 0.1) is 11.7 Å². The number of aromatic amines is 1. The van der Waals surface area contributed by atoms with Gasteiger partial charge < -0.3 is 4.90 Å². The molecule has 1 aromatic heterocycles. The number of hydrogen-bond donors (Lipinski definition) is 1. The SMILES string of the molecule is O=C(C[n+]1cc(=O)o[nH]1)N1CCCC(CCc2cccc(F)c2)C1. The number of rotatable bonds is 5. The number of benzene rings is 1. The van der Waals surface area contributed by atoms with Crippen molar-refractivity contribution in [2.45, 2.75) is 32.2 Å². The van der Waals surface area contributed by atoms with E-state index in [1.54, 1.807) is 12.1 Å². The average molecular weight is 334 g/mol. The summed E-state index contributed by atoms with van der Waals surface area (Å²) in [6, 6.07) is 6.67. The zero-order valence-corrected chi connectivity index (χ0v) is 13.4. The minimum Gasteiger partial charge on any atom is -0.337 e. The second-order valence-electron chi connectivity index (χ2n) is 6.29. The molecule has 1 unspecified atom stereocenters. The lowest BCUT2D eigenvalue weighted by Crippen LogP contribution is -2.48. The number of H-pyrrole nitrogens is 1. The number of carbonyl (C=O) groups excluding carboxylic acids is 1. The fourth-order valence-electron chi connectivity index (χ4n) is 3.20. The number of nitrogens with zero attached hydrogens (tertiary/aromatic N) is 2. The lowest BCUT2D eigenvalue weighted by molar-refractivity contribution is -0.751. The Labute approximate surface area is 138 Å². The first-order valence-corrected chi connectivity index (χ1v) is 8.20. The quantitative estimate of drug-likeness (QED) is 0.837. The molecule has 0 radical (unpaired) electrons. The van der Waals surface area contributed by atoms with Gasteiger partial charge in [0.15, 0.2) is 0 Å². The van der Waals surface area contributed by atoms with Crippen molar-refractivity contribution in [3.8, 4) is 0 Å². The first kappa shape index (κ1) is 16.4. The molecular weight excluding hydrogens is 313 g/mol. The maximum atomic E-state index is 13.2. The summed E-state index contributed by atoms with van der Waals surface area (Å²) in [5.41, 5.74) is 0.486. The van der Waals surface area contributed by atoms with Gasteiger partial charge in [-0.05, 0) is 54.6 Å². The van der Waals surface area contributed by atoms with E-state index in [4.69, 9.17) is 0 Å². The van der Waals surface area contributed by atoms with Crippen LogP contribution in [0.15, 0.2) is 39.8 Å². The molecule has 1 amide bonds. The number of nitrogens with one attached hydrogen (secondary N) is 1. The predicted octanol–water partition coefficient (Wildman–Crippen LogP) is 1.27. The van der Waals surface area contributed by atoms with Gasteiger partial charge in [0.05, 0.1) is 0 Å². The van der Waals surface area contributed by atoms with Crippen molar-refractivity contribution in [3.05, 3.63) is 52.3 Å². The van der Waals surface area contributed by atoms with E-state index in [1.165, 1.54) is 16.9 Å². The highest BCUT2D eigenvalue weighted by Gasteiger charge is 2.26. The summed E-state index contributed by atoms with van der Waals surface area (Å²) in [5.74, 6) is 0.172. The summed E-state index contributed by atoms with van der Waals surface area (Å²) in [7, 11) is 0. The van der Waals surface area contributed by atoms with E-state index in [0.29, 0.717) is 12.5 Å². The Kier molecular flexibility index (Phi) is 5.08. The molecule has 0 bridgehead atoms. The van der Waals surface area contributed by atoms with Gasteiger partial charge in [-0.3, -0.25) is 9.32 Å². The van der Waals surface area contributed by atoms with Crippen LogP contribution in [0.2, 0.25) is 0 Å². The number of aromatic nitrogens is 2. The molecule has 6 nitrogen and oxygen atoms in total. The Bertz CT molecular complexity index is 755. The molecule has 1 fully saturated rings. The van der Waals surface area contributed by atoms with Crippen LogP contribution in [0.4, 0.5) is 4.39 Å². The fourth-order valence-corrected chi connectivity index (χ4v) is 3.20. The lowest BCUT2D eigenvalue weighted by atomic mass is 9.91. The first-order chi connectivity index (χ1) is 11.6. The molecule has 0 aliphatic carbocycles. The van der Waals surface area contributed by atoms with Crippen LogP contribution in [-0.2, 0) is 17.8 Å². The molecule has 128 valence electrons. The molecule has 3 rings (SSSR count). The maximum Gasteiger partial charge on any atom is 0.426 e. The smallest absolute Gasteiger partial charge is 0.337 e. The van der Waals surface area contributed by atoms with Gasteiger partial charge in [-0.1, -0.05) is 16.8 Å². The molecule has 1 atom stereocenters. The van der Waals surface area contributed by atoms with Gasteiger partial charge in [-0.25, -0.2) is 9.18 Å². The van der Waals surface area contributed by atoms with Crippen LogP contribution in [0.5, 0.6) is 0 Å². The van der Waals surface area contributed by atoms with Crippen molar-refractivity contribution in [3.63, 3.8) is 0 Å². The molecule has 1 saturated heterocycles. The number of piperidine rings is 1. The van der Waals surface area contributed by atoms with E-state index < -0.39 is 5.63 Å². The van der Waals surface area contributed by atoms with Crippen LogP contribution in [0.1, 0.15) is 24.8 Å². The van der Waals surface area contributed by atoms with Crippen molar-refractivity contribution in [1.82, 2.24) is 10.2 Å². The lowest BCUT2D eigenvalue weighted by Gasteiger charge is -2.32. The average Bonchev–Trinajstić information content (AvgIpc) is 2.98. The van der Waals surface area contributed by atoms with E-state index in [2.05, 4.69) is 9.79 Å². The standard InChI is InChI=1S/C17H20FN3O3/c18-15-5-1-3-13(9-15)6-7-14-4-2-8-20(10-14)16(22)11-21-12-17(23)24-19-21/h1,3,5,9,12,14H,2,4,6-8,10-11H2/p+1. The Morgan fingerprint density at radius 2 is 2.33 bits per heavy atom. The van der Waals surface area contributed by atoms with Crippen LogP contribution in [0.25, 0.3) is 0 Å². The minimum absolute atomic E-state index is 0.0347. The summed E-state index contributed by atoms with van der Waals surface area (Å²) in [4.78, 5) is 25.1. The minimum atomic E-state index is -0.505. The summed E-state index contributed by atoms with van der Waals surface area (Å²) < 4.78 is 19.1. The summed E-state index contributed by atoms with van der Waals surface area (Å²) in [6.45, 7) is 1.51. The van der Waals surface area contributed by atoms with E-state index in [-0.39, 0.29) is 18.3 Å². The van der Waals surface area contributed by atoms with Gasteiger partial charge >= 0.3 is 5.63 Å². The molecule has 2 heterocycles. The Balaban J connectivity index is 1.52. The number of carbonyl (C=O) groups is 1. The van der Waals surface area contributed by atoms with Crippen molar-refractivity contribution in [2.75, 3.05) is 13.1 Å². The fraction of sp³-hybridized carbons (Fsp3) is 0.471. The highest BCUT2D eigenvalue weighted by molar-refractivity contribution is 5.74. The number of hydrogen-bond acceptors (Lipinski definition) is 3. The Morgan fingerprint density at radius 1 is 1.46 bits per heavy atom. The molecule has 0 saturated carbocycles. The summed E-state index contributed by atoms with van der Waals surface area (Å²) in [6.07, 6.45) is 5.02. The van der Waals surface area contributed by atoms with Crippen LogP contribution >= 0.6 is 0 Å². The second kappa shape index (κ2) is 7.42. The maximum absolute atomic E-state index is 13.2. The van der Waals surface area contributed by atoms with Gasteiger partial charge in [0.1, 0.15) is 5.82 Å². The molecule has 1 aromatic carbocycles. The van der Waals surface area contributed by atoms with E-state index >= 15 is 0 Å². The van der Waals surface area contributed by atoms with Gasteiger partial charge in [-0.15, -0.1) is 0 Å². The normalized spacial score (nSPS) is 17.9. The summed E-state index contributed by atoms with van der Waals surface area (Å²) in [5, 5.41) is 2.38. The van der Waals surface area contributed by atoms with Crippen LogP contribution in [-0.4, -0.2) is 29.2 Å². The third-order valence-corrected chi connectivity index (χ3v) is 4.43. The first-order valence-electron chi connectivity index (χ1n) is 8.20. The molecule has 1 N–H and O–H groups in total. The Morgan fingerprint density at radius 3 is 3.08 bits per heavy atom. The van der Waals surface area contributed by atoms with Gasteiger partial charge in [0.25, 0.3) is 18.6 Å². The van der Waals surface area contributed by atoms with Crippen LogP contribution in [0.3, 0.4) is 0 Å². The number of amides is 1. The van der Waals surface area contributed by atoms with Crippen molar-refractivity contribution < 1.29 is 18.4 Å². The van der Waals surface area contributed by atoms with E-state index in [0.717, 1.165) is 37.8 Å². The van der Waals surface area contributed by atoms with Gasteiger partial charge in [-0.2, -0.15) is 0 Å². The monoisotopic (exact) mass is 334 g/mol. The molecule has 2 aromatic rings. The number of halogens is 1. The third kappa shape index (κ3) is 4.31. The van der Waals surface area contributed by atoms with Gasteiger partial charge in [0, 0.05) is 13.1 Å². The van der Waals surface area contributed by atoms with E-state index in [1.807, 2.05) is 11.0 Å². The Hall–Kier alpha value is -2.44. The molecule has 7 heteroatoms. The zero-order chi connectivity index (χ0) is 16.9. The highest BCUT2D eigenvalue weighted by atomic mass is 19.1. The van der Waals surface area contributed by atoms with Gasteiger partial charge in [0.2, 0.25) is 0 Å². The number of likely N-dealkylation sites (tertiary alicyclic amines) is 1. The van der Waals surface area contributed by atoms with Crippen molar-refractivity contribution >= 4 is 5.91 Å². The molecule has 1 aliphatic heterocycles. The predicted molar refractivity (Wildman–Crippen MR) is 83.5 cm³/mol. The molecule has 1 aliphatic rings. The highest BCUT2D eigenvalue weighted by Crippen LogP contribution is 2.22. The van der Waals surface area contributed by atoms with Crippen LogP contribution < -0.4 is 10.3 Å². The second-order valence-corrected chi connectivity index (χ2v) is 6.29. The summed E-state index contributed by atoms with van der Waals surface area (Å²) >= 11 is 0. The number of aryl methyl sites for hydroxylation is 1. The molecule has 24 heavy (non-hydrogen) atoms. The topological polar surface area (TPSA) is 70.2 Å². The molecular formula is C17H21FN3O3+. The third-order valence-electron chi connectivity index (χ3n) is 4.43. The largest absolute Gasteiger partial charge is 0.426 e. The van der Waals surface area contributed by atoms with Crippen molar-refractivity contribution in [2.24, 2.45) is 5.92 Å². The molecule has 0 spiro atoms. The van der Waals surface area contributed by atoms with Crippen molar-refractivity contribution in [1.29, 1.82) is 0 Å². The van der Waals surface area contributed by atoms with E-state index in [9.17, 15) is 14.0 Å².